The molecular weight excluding hydrogens is 284 g/mol. The zero-order chi connectivity index (χ0) is 9.97. The molecule has 0 aliphatic carbocycles. The summed E-state index contributed by atoms with van der Waals surface area (Å²) < 4.78 is 0.997. The first kappa shape index (κ1) is 10.3. The highest BCUT2D eigenvalue weighted by Crippen LogP contribution is 2.27. The van der Waals surface area contributed by atoms with Gasteiger partial charge in [0.15, 0.2) is 5.17 Å². The summed E-state index contributed by atoms with van der Waals surface area (Å²) in [4.78, 5) is 4.31. The number of nitrogens with zero attached hydrogens (tertiary/aromatic N) is 1. The van der Waals surface area contributed by atoms with Gasteiger partial charge in [-0.3, -0.25) is 4.99 Å². The van der Waals surface area contributed by atoms with Crippen molar-refractivity contribution in [2.45, 2.75) is 0 Å². The Morgan fingerprint density at radius 3 is 3.07 bits per heavy atom. The van der Waals surface area contributed by atoms with Crippen molar-refractivity contribution < 1.29 is 0 Å². The zero-order valence-electron chi connectivity index (χ0n) is 7.26. The molecule has 1 aromatic carbocycles. The number of hydrogen-bond acceptors (Lipinski definition) is 3. The molecule has 5 heteroatoms. The third kappa shape index (κ3) is 2.43. The lowest BCUT2D eigenvalue weighted by atomic mass is 10.3. The molecule has 0 radical (unpaired) electrons. The summed E-state index contributed by atoms with van der Waals surface area (Å²) in [6, 6.07) is 5.65. The van der Waals surface area contributed by atoms with Crippen LogP contribution in [0, 0.1) is 0 Å². The van der Waals surface area contributed by atoms with Gasteiger partial charge in [-0.15, -0.1) is 0 Å². The predicted molar refractivity (Wildman–Crippen MR) is 67.5 cm³/mol. The van der Waals surface area contributed by atoms with Gasteiger partial charge in [-0.05, 0) is 34.1 Å². The molecule has 0 spiro atoms. The van der Waals surface area contributed by atoms with Crippen LogP contribution in [-0.2, 0) is 0 Å². The van der Waals surface area contributed by atoms with Crippen LogP contribution in [0.2, 0.25) is 5.02 Å². The Balaban J connectivity index is 2.19. The lowest BCUT2D eigenvalue weighted by Crippen LogP contribution is -2.05. The molecule has 0 fully saturated rings. The molecule has 0 atom stereocenters. The average molecular weight is 292 g/mol. The number of hydrogen-bond donors (Lipinski definition) is 1. The van der Waals surface area contributed by atoms with E-state index in [0.29, 0.717) is 0 Å². The van der Waals surface area contributed by atoms with E-state index >= 15 is 0 Å². The van der Waals surface area contributed by atoms with Gasteiger partial charge in [0, 0.05) is 15.2 Å². The second kappa shape index (κ2) is 4.55. The maximum atomic E-state index is 5.89. The summed E-state index contributed by atoms with van der Waals surface area (Å²) in [5.74, 6) is 1.06. The van der Waals surface area contributed by atoms with Gasteiger partial charge < -0.3 is 5.32 Å². The fourth-order valence-corrected chi connectivity index (χ4v) is 2.38. The summed E-state index contributed by atoms with van der Waals surface area (Å²) in [5.41, 5.74) is 0.964. The number of aliphatic imine (C=N–C) groups is 1. The van der Waals surface area contributed by atoms with E-state index in [1.54, 1.807) is 11.8 Å². The van der Waals surface area contributed by atoms with Crippen molar-refractivity contribution >= 4 is 50.1 Å². The Bertz CT molecular complexity index is 381. The van der Waals surface area contributed by atoms with E-state index in [0.717, 1.165) is 32.6 Å². The lowest BCUT2D eigenvalue weighted by molar-refractivity contribution is 1.17. The quantitative estimate of drug-likeness (QED) is 0.854. The van der Waals surface area contributed by atoms with Gasteiger partial charge >= 0.3 is 0 Å². The minimum absolute atomic E-state index is 0.722. The maximum Gasteiger partial charge on any atom is 0.161 e. The molecule has 2 rings (SSSR count). The van der Waals surface area contributed by atoms with E-state index < -0.39 is 0 Å². The average Bonchev–Trinajstić information content (AvgIpc) is 2.64. The molecule has 2 nitrogen and oxygen atoms in total. The molecule has 0 unspecified atom stereocenters. The highest BCUT2D eigenvalue weighted by atomic mass is 79.9. The molecule has 0 saturated carbocycles. The highest BCUT2D eigenvalue weighted by Gasteiger charge is 2.08. The molecule has 1 aliphatic rings. The first-order valence-electron chi connectivity index (χ1n) is 4.15. The minimum atomic E-state index is 0.722. The van der Waals surface area contributed by atoms with Crippen LogP contribution in [0.15, 0.2) is 27.7 Å². The van der Waals surface area contributed by atoms with E-state index in [4.69, 9.17) is 11.6 Å². The Kier molecular flexibility index (Phi) is 3.36. The highest BCUT2D eigenvalue weighted by molar-refractivity contribution is 9.10. The number of benzene rings is 1. The van der Waals surface area contributed by atoms with E-state index in [1.807, 2.05) is 18.2 Å². The van der Waals surface area contributed by atoms with Gasteiger partial charge in [0.05, 0.1) is 12.2 Å². The molecule has 1 aromatic rings. The summed E-state index contributed by atoms with van der Waals surface area (Å²) in [6.07, 6.45) is 0. The standard InChI is InChI=1S/C9H8BrClN2S/c10-7-2-1-6(11)5-8(7)13-9-12-3-4-14-9/h1-2,5H,3-4H2,(H,12,13). The van der Waals surface area contributed by atoms with Gasteiger partial charge in [0.2, 0.25) is 0 Å². The van der Waals surface area contributed by atoms with E-state index in [1.165, 1.54) is 0 Å². The third-order valence-corrected chi connectivity index (χ3v) is 3.57. The van der Waals surface area contributed by atoms with Crippen LogP contribution >= 0.6 is 39.3 Å². The van der Waals surface area contributed by atoms with Crippen LogP contribution in [0.1, 0.15) is 0 Å². The molecule has 0 saturated heterocycles. The first-order chi connectivity index (χ1) is 6.75. The lowest BCUT2D eigenvalue weighted by Gasteiger charge is -2.07. The zero-order valence-corrected chi connectivity index (χ0v) is 10.4. The van der Waals surface area contributed by atoms with Crippen LogP contribution in [0.25, 0.3) is 0 Å². The SMILES string of the molecule is Clc1ccc(Br)c(NC2=NCCS2)c1. The van der Waals surface area contributed by atoms with E-state index in [-0.39, 0.29) is 0 Å². The van der Waals surface area contributed by atoms with Crippen LogP contribution < -0.4 is 5.32 Å². The second-order valence-electron chi connectivity index (χ2n) is 2.78. The largest absolute Gasteiger partial charge is 0.334 e. The minimum Gasteiger partial charge on any atom is -0.334 e. The van der Waals surface area contributed by atoms with Crippen molar-refractivity contribution in [1.82, 2.24) is 0 Å². The number of amidine groups is 1. The summed E-state index contributed by atoms with van der Waals surface area (Å²) in [5, 5.41) is 4.92. The van der Waals surface area contributed by atoms with Crippen LogP contribution in [0.5, 0.6) is 0 Å². The maximum absolute atomic E-state index is 5.89. The normalized spacial score (nSPS) is 15.4. The van der Waals surface area contributed by atoms with Gasteiger partial charge in [0.1, 0.15) is 0 Å². The number of nitrogens with one attached hydrogen (secondary N) is 1. The molecule has 0 aromatic heterocycles. The van der Waals surface area contributed by atoms with Gasteiger partial charge in [-0.2, -0.15) is 0 Å². The molecule has 14 heavy (non-hydrogen) atoms. The van der Waals surface area contributed by atoms with Gasteiger partial charge in [0.25, 0.3) is 0 Å². The molecule has 0 amide bonds. The number of thioether (sulfide) groups is 1. The van der Waals surface area contributed by atoms with Crippen molar-refractivity contribution in [3.05, 3.63) is 27.7 Å². The van der Waals surface area contributed by atoms with Gasteiger partial charge in [-0.1, -0.05) is 23.4 Å². The number of halogens is 2. The monoisotopic (exact) mass is 290 g/mol. The fraction of sp³-hybridized carbons (Fsp3) is 0.222. The summed E-state index contributed by atoms with van der Waals surface area (Å²) in [7, 11) is 0. The van der Waals surface area contributed by atoms with Gasteiger partial charge in [-0.25, -0.2) is 0 Å². The Labute approximate surface area is 100 Å². The van der Waals surface area contributed by atoms with Crippen LogP contribution in [-0.4, -0.2) is 17.5 Å². The van der Waals surface area contributed by atoms with E-state index in [9.17, 15) is 0 Å². The second-order valence-corrected chi connectivity index (χ2v) is 5.16. The number of rotatable bonds is 1. The molecule has 1 aliphatic heterocycles. The van der Waals surface area contributed by atoms with Crippen molar-refractivity contribution in [3.8, 4) is 0 Å². The van der Waals surface area contributed by atoms with E-state index in [2.05, 4.69) is 26.2 Å². The predicted octanol–water partition coefficient (Wildman–Crippen LogP) is 3.62. The Morgan fingerprint density at radius 1 is 1.50 bits per heavy atom. The first-order valence-corrected chi connectivity index (χ1v) is 6.31. The molecule has 74 valence electrons. The Morgan fingerprint density at radius 2 is 2.36 bits per heavy atom. The fourth-order valence-electron chi connectivity index (χ4n) is 1.12. The van der Waals surface area contributed by atoms with Crippen molar-refractivity contribution in [2.75, 3.05) is 17.6 Å². The Hall–Kier alpha value is -0.190. The van der Waals surface area contributed by atoms with Crippen LogP contribution in [0.3, 0.4) is 0 Å². The summed E-state index contributed by atoms with van der Waals surface area (Å²) in [6.45, 7) is 0.894. The summed E-state index contributed by atoms with van der Waals surface area (Å²) >= 11 is 11.1. The van der Waals surface area contributed by atoms with Crippen molar-refractivity contribution in [1.29, 1.82) is 0 Å². The van der Waals surface area contributed by atoms with Crippen molar-refractivity contribution in [3.63, 3.8) is 0 Å². The number of anilines is 1. The third-order valence-electron chi connectivity index (χ3n) is 1.76. The topological polar surface area (TPSA) is 24.4 Å². The molecular formula is C9H8BrClN2S. The molecule has 1 N–H and O–H groups in total. The van der Waals surface area contributed by atoms with Crippen LogP contribution in [0.4, 0.5) is 5.69 Å². The molecule has 0 bridgehead atoms. The van der Waals surface area contributed by atoms with Crippen molar-refractivity contribution in [2.24, 2.45) is 4.99 Å². The molecule has 1 heterocycles. The smallest absolute Gasteiger partial charge is 0.161 e.